The fourth-order valence-electron chi connectivity index (χ4n) is 2.16. The first-order chi connectivity index (χ1) is 8.03. The minimum absolute atomic E-state index is 0.0570. The highest BCUT2D eigenvalue weighted by Crippen LogP contribution is 2.30. The minimum Gasteiger partial charge on any atom is -0.481 e. The molecule has 0 saturated carbocycles. The van der Waals surface area contributed by atoms with E-state index in [-0.39, 0.29) is 5.91 Å². The van der Waals surface area contributed by atoms with Crippen LogP contribution in [-0.2, 0) is 4.79 Å². The van der Waals surface area contributed by atoms with Crippen LogP contribution in [-0.4, -0.2) is 35.0 Å². The van der Waals surface area contributed by atoms with E-state index in [9.17, 15) is 14.7 Å². The van der Waals surface area contributed by atoms with Crippen molar-refractivity contribution in [2.24, 2.45) is 5.41 Å². The van der Waals surface area contributed by atoms with Crippen molar-refractivity contribution in [3.8, 4) is 0 Å². The Morgan fingerprint density at radius 2 is 2.29 bits per heavy atom. The Balaban J connectivity index is 2.13. The zero-order chi connectivity index (χ0) is 12.5. The van der Waals surface area contributed by atoms with Crippen molar-refractivity contribution in [3.63, 3.8) is 0 Å². The Hall–Kier alpha value is -1.36. The summed E-state index contributed by atoms with van der Waals surface area (Å²) in [5.74, 6) is -0.876. The van der Waals surface area contributed by atoms with Crippen LogP contribution in [0.3, 0.4) is 0 Å². The molecule has 4 nitrogen and oxygen atoms in total. The lowest BCUT2D eigenvalue weighted by Crippen LogP contribution is -2.48. The highest BCUT2D eigenvalue weighted by molar-refractivity contribution is 7.08. The lowest BCUT2D eigenvalue weighted by molar-refractivity contribution is -0.150. The number of carboxylic acid groups (broad SMARTS) is 1. The Labute approximate surface area is 104 Å². The molecule has 1 N–H and O–H groups in total. The maximum absolute atomic E-state index is 12.1. The number of likely N-dealkylation sites (tertiary alicyclic amines) is 1. The summed E-state index contributed by atoms with van der Waals surface area (Å²) in [6.07, 6.45) is 1.38. The molecular weight excluding hydrogens is 238 g/mol. The summed E-state index contributed by atoms with van der Waals surface area (Å²) in [7, 11) is 0. The highest BCUT2D eigenvalue weighted by Gasteiger charge is 2.39. The lowest BCUT2D eigenvalue weighted by atomic mass is 9.82. The third-order valence-electron chi connectivity index (χ3n) is 3.27. The standard InChI is InChI=1S/C12H15NO3S/c1-12(11(15)16)4-2-5-13(8-12)10(14)9-3-6-17-7-9/h3,6-7H,2,4-5,8H2,1H3,(H,15,16). The quantitative estimate of drug-likeness (QED) is 0.877. The van der Waals surface area contributed by atoms with Gasteiger partial charge in [-0.15, -0.1) is 0 Å². The van der Waals surface area contributed by atoms with Crippen molar-refractivity contribution in [2.75, 3.05) is 13.1 Å². The molecule has 0 aliphatic carbocycles. The molecule has 0 aromatic carbocycles. The number of carbonyl (C=O) groups is 2. The van der Waals surface area contributed by atoms with Crippen molar-refractivity contribution in [3.05, 3.63) is 22.4 Å². The first-order valence-electron chi connectivity index (χ1n) is 5.58. The van der Waals surface area contributed by atoms with Crippen molar-refractivity contribution >= 4 is 23.2 Å². The van der Waals surface area contributed by atoms with E-state index in [4.69, 9.17) is 0 Å². The van der Waals surface area contributed by atoms with E-state index in [0.29, 0.717) is 25.1 Å². The fourth-order valence-corrected chi connectivity index (χ4v) is 2.79. The van der Waals surface area contributed by atoms with E-state index >= 15 is 0 Å². The van der Waals surface area contributed by atoms with E-state index in [1.54, 1.807) is 23.3 Å². The van der Waals surface area contributed by atoms with Gasteiger partial charge in [-0.25, -0.2) is 0 Å². The first kappa shape index (κ1) is 12.1. The van der Waals surface area contributed by atoms with Crippen LogP contribution in [0.25, 0.3) is 0 Å². The Kier molecular flexibility index (Phi) is 3.19. The number of hydrogen-bond donors (Lipinski definition) is 1. The van der Waals surface area contributed by atoms with Gasteiger partial charge in [0, 0.05) is 18.5 Å². The van der Waals surface area contributed by atoms with Gasteiger partial charge in [0.1, 0.15) is 0 Å². The molecule has 1 saturated heterocycles. The van der Waals surface area contributed by atoms with Gasteiger partial charge in [-0.2, -0.15) is 11.3 Å². The van der Waals surface area contributed by atoms with E-state index in [2.05, 4.69) is 0 Å². The predicted octanol–water partition coefficient (Wildman–Crippen LogP) is 2.08. The number of carboxylic acids is 1. The molecule has 5 heteroatoms. The molecule has 1 amide bonds. The molecule has 0 radical (unpaired) electrons. The molecule has 17 heavy (non-hydrogen) atoms. The van der Waals surface area contributed by atoms with E-state index in [1.807, 2.05) is 5.38 Å². The molecule has 2 rings (SSSR count). The average molecular weight is 253 g/mol. The molecule has 1 atom stereocenters. The third kappa shape index (κ3) is 2.34. The molecule has 1 aromatic heterocycles. The summed E-state index contributed by atoms with van der Waals surface area (Å²) in [5.41, 5.74) is -0.145. The maximum atomic E-state index is 12.1. The van der Waals surface area contributed by atoms with Gasteiger partial charge < -0.3 is 10.0 Å². The number of piperidine rings is 1. The zero-order valence-corrected chi connectivity index (χ0v) is 10.5. The molecular formula is C12H15NO3S. The maximum Gasteiger partial charge on any atom is 0.311 e. The first-order valence-corrected chi connectivity index (χ1v) is 6.52. The lowest BCUT2D eigenvalue weighted by Gasteiger charge is -2.37. The monoisotopic (exact) mass is 253 g/mol. The highest BCUT2D eigenvalue weighted by atomic mass is 32.1. The van der Waals surface area contributed by atoms with Crippen LogP contribution in [0.1, 0.15) is 30.1 Å². The van der Waals surface area contributed by atoms with Crippen LogP contribution in [0.15, 0.2) is 16.8 Å². The van der Waals surface area contributed by atoms with Gasteiger partial charge in [0.2, 0.25) is 0 Å². The number of rotatable bonds is 2. The van der Waals surface area contributed by atoms with E-state index in [1.165, 1.54) is 11.3 Å². The number of amides is 1. The molecule has 0 bridgehead atoms. The van der Waals surface area contributed by atoms with Crippen LogP contribution < -0.4 is 0 Å². The molecule has 0 spiro atoms. The van der Waals surface area contributed by atoms with Crippen molar-refractivity contribution in [1.29, 1.82) is 0 Å². The van der Waals surface area contributed by atoms with Gasteiger partial charge in [0.05, 0.1) is 11.0 Å². The molecule has 1 fully saturated rings. The molecule has 1 aliphatic rings. The predicted molar refractivity (Wildman–Crippen MR) is 65.2 cm³/mol. The largest absolute Gasteiger partial charge is 0.481 e. The number of aliphatic carboxylic acids is 1. The number of nitrogens with zero attached hydrogens (tertiary/aromatic N) is 1. The number of thiophene rings is 1. The van der Waals surface area contributed by atoms with Crippen molar-refractivity contribution in [1.82, 2.24) is 4.90 Å². The van der Waals surface area contributed by atoms with Gasteiger partial charge in [-0.1, -0.05) is 0 Å². The normalized spacial score (nSPS) is 24.6. The average Bonchev–Trinajstić information content (AvgIpc) is 2.81. The van der Waals surface area contributed by atoms with Crippen LogP contribution in [0, 0.1) is 5.41 Å². The van der Waals surface area contributed by atoms with Crippen molar-refractivity contribution in [2.45, 2.75) is 19.8 Å². The summed E-state index contributed by atoms with van der Waals surface area (Å²) < 4.78 is 0. The topological polar surface area (TPSA) is 57.6 Å². The van der Waals surface area contributed by atoms with Gasteiger partial charge in [0.15, 0.2) is 0 Å². The number of hydrogen-bond acceptors (Lipinski definition) is 3. The van der Waals surface area contributed by atoms with Crippen LogP contribution in [0.4, 0.5) is 0 Å². The molecule has 1 unspecified atom stereocenters. The second kappa shape index (κ2) is 4.49. The molecule has 1 aromatic rings. The minimum atomic E-state index is -0.819. The summed E-state index contributed by atoms with van der Waals surface area (Å²) >= 11 is 1.47. The van der Waals surface area contributed by atoms with Crippen LogP contribution in [0.5, 0.6) is 0 Å². The van der Waals surface area contributed by atoms with Crippen LogP contribution >= 0.6 is 11.3 Å². The second-order valence-corrected chi connectivity index (χ2v) is 5.49. The molecule has 1 aliphatic heterocycles. The van der Waals surface area contributed by atoms with E-state index in [0.717, 1.165) is 6.42 Å². The Morgan fingerprint density at radius 1 is 1.53 bits per heavy atom. The van der Waals surface area contributed by atoms with Crippen LogP contribution in [0.2, 0.25) is 0 Å². The summed E-state index contributed by atoms with van der Waals surface area (Å²) in [6.45, 7) is 2.66. The SMILES string of the molecule is CC1(C(=O)O)CCCN(C(=O)c2ccsc2)C1. The Morgan fingerprint density at radius 3 is 2.88 bits per heavy atom. The van der Waals surface area contributed by atoms with Crippen molar-refractivity contribution < 1.29 is 14.7 Å². The van der Waals surface area contributed by atoms with Gasteiger partial charge in [0.25, 0.3) is 5.91 Å². The number of carbonyl (C=O) groups excluding carboxylic acids is 1. The fraction of sp³-hybridized carbons (Fsp3) is 0.500. The summed E-state index contributed by atoms with van der Waals surface area (Å²) in [4.78, 5) is 25.0. The summed E-state index contributed by atoms with van der Waals surface area (Å²) in [5, 5.41) is 12.8. The molecule has 2 heterocycles. The third-order valence-corrected chi connectivity index (χ3v) is 3.95. The smallest absolute Gasteiger partial charge is 0.311 e. The second-order valence-electron chi connectivity index (χ2n) is 4.71. The zero-order valence-electron chi connectivity index (χ0n) is 9.68. The van der Waals surface area contributed by atoms with Gasteiger partial charge >= 0.3 is 5.97 Å². The van der Waals surface area contributed by atoms with Gasteiger partial charge in [-0.3, -0.25) is 9.59 Å². The Bertz CT molecular complexity index is 429. The van der Waals surface area contributed by atoms with Gasteiger partial charge in [-0.05, 0) is 31.2 Å². The van der Waals surface area contributed by atoms with E-state index < -0.39 is 11.4 Å². The summed E-state index contributed by atoms with van der Waals surface area (Å²) in [6, 6.07) is 1.78. The molecule has 92 valence electrons.